The second kappa shape index (κ2) is 7.65. The zero-order valence-corrected chi connectivity index (χ0v) is 15.6. The van der Waals surface area contributed by atoms with E-state index in [-0.39, 0.29) is 23.3 Å². The Labute approximate surface area is 130 Å². The minimum atomic E-state index is -1.70. The van der Waals surface area contributed by atoms with Gasteiger partial charge in [0.1, 0.15) is 14.1 Å². The number of methoxy groups -OCH3 is 1. The molecule has 0 saturated heterocycles. The van der Waals surface area contributed by atoms with Gasteiger partial charge in [0, 0.05) is 12.3 Å². The second-order valence-electron chi connectivity index (χ2n) is 7.12. The third-order valence-corrected chi connectivity index (χ3v) is 8.46. The molecule has 0 aliphatic heterocycles. The SMILES string of the molecule is COC(=O)[C@H](CC#C[Si](C)(C)C(C)(C)C)NC(=O)C(C)C. The fourth-order valence-corrected chi connectivity index (χ4v) is 2.15. The van der Waals surface area contributed by atoms with Gasteiger partial charge in [-0.1, -0.05) is 47.7 Å². The smallest absolute Gasteiger partial charge is 0.329 e. The number of ether oxygens (including phenoxy) is 1. The van der Waals surface area contributed by atoms with Gasteiger partial charge in [-0.25, -0.2) is 4.79 Å². The van der Waals surface area contributed by atoms with Crippen LogP contribution in [0.2, 0.25) is 18.1 Å². The molecule has 0 aromatic carbocycles. The van der Waals surface area contributed by atoms with E-state index in [9.17, 15) is 9.59 Å². The molecule has 0 bridgehead atoms. The lowest BCUT2D eigenvalue weighted by atomic mass is 10.1. The normalized spacial score (nSPS) is 13.2. The molecular weight excluding hydrogens is 282 g/mol. The maximum atomic E-state index is 11.7. The predicted octanol–water partition coefficient (Wildman–Crippen LogP) is 2.74. The first-order chi connectivity index (χ1) is 9.42. The summed E-state index contributed by atoms with van der Waals surface area (Å²) in [7, 11) is -0.387. The first-order valence-electron chi connectivity index (χ1n) is 7.30. The van der Waals surface area contributed by atoms with Gasteiger partial charge in [0.05, 0.1) is 7.11 Å². The Kier molecular flexibility index (Phi) is 7.18. The fourth-order valence-electron chi connectivity index (χ4n) is 1.24. The molecule has 0 saturated carbocycles. The van der Waals surface area contributed by atoms with Crippen molar-refractivity contribution in [2.24, 2.45) is 5.92 Å². The Balaban J connectivity index is 4.96. The Bertz CT molecular complexity index is 439. The van der Waals surface area contributed by atoms with Crippen molar-refractivity contribution in [3.05, 3.63) is 0 Å². The molecule has 0 radical (unpaired) electrons. The lowest BCUT2D eigenvalue weighted by Gasteiger charge is -2.31. The van der Waals surface area contributed by atoms with Crippen molar-refractivity contribution in [3.8, 4) is 11.5 Å². The molecule has 0 fully saturated rings. The third kappa shape index (κ3) is 6.34. The van der Waals surface area contributed by atoms with E-state index >= 15 is 0 Å². The standard InChI is InChI=1S/C16H29NO3Si/c1-12(2)14(18)17-13(15(19)20-6)10-9-11-21(7,8)16(3,4)5/h12-13H,10H2,1-8H3,(H,17,18)/t13-/m0/s1. The number of amides is 1. The highest BCUT2D eigenvalue weighted by molar-refractivity contribution is 6.87. The van der Waals surface area contributed by atoms with Crippen molar-refractivity contribution >= 4 is 20.0 Å². The predicted molar refractivity (Wildman–Crippen MR) is 88.4 cm³/mol. The number of hydrogen-bond donors (Lipinski definition) is 1. The summed E-state index contributed by atoms with van der Waals surface area (Å²) in [6.07, 6.45) is 0.289. The molecule has 1 N–H and O–H groups in total. The monoisotopic (exact) mass is 311 g/mol. The summed E-state index contributed by atoms with van der Waals surface area (Å²) in [4.78, 5) is 23.5. The van der Waals surface area contributed by atoms with Crippen LogP contribution in [0.1, 0.15) is 41.0 Å². The number of nitrogens with one attached hydrogen (secondary N) is 1. The van der Waals surface area contributed by atoms with Gasteiger partial charge in [0.2, 0.25) is 5.91 Å². The van der Waals surface area contributed by atoms with Gasteiger partial charge in [-0.2, -0.15) is 0 Å². The van der Waals surface area contributed by atoms with E-state index in [1.165, 1.54) is 7.11 Å². The van der Waals surface area contributed by atoms with Crippen LogP contribution in [-0.2, 0) is 14.3 Å². The summed E-state index contributed by atoms with van der Waals surface area (Å²) in [5.41, 5.74) is 3.34. The van der Waals surface area contributed by atoms with Crippen LogP contribution >= 0.6 is 0 Å². The molecule has 4 nitrogen and oxygen atoms in total. The maximum Gasteiger partial charge on any atom is 0.329 e. The number of rotatable bonds is 4. The van der Waals surface area contributed by atoms with E-state index < -0.39 is 20.1 Å². The van der Waals surface area contributed by atoms with Crippen LogP contribution in [0.5, 0.6) is 0 Å². The molecule has 0 aromatic heterocycles. The molecular formula is C16H29NO3Si. The van der Waals surface area contributed by atoms with Gasteiger partial charge in [-0.05, 0) is 5.04 Å². The number of carbonyl (C=O) groups excluding carboxylic acids is 2. The summed E-state index contributed by atoms with van der Waals surface area (Å²) < 4.78 is 4.73. The van der Waals surface area contributed by atoms with Crippen molar-refractivity contribution in [2.75, 3.05) is 7.11 Å². The van der Waals surface area contributed by atoms with Crippen molar-refractivity contribution in [3.63, 3.8) is 0 Å². The van der Waals surface area contributed by atoms with Gasteiger partial charge in [-0.15, -0.1) is 11.5 Å². The summed E-state index contributed by atoms with van der Waals surface area (Å²) in [6, 6.07) is -0.692. The molecule has 0 spiro atoms. The third-order valence-electron chi connectivity index (χ3n) is 3.91. The Morgan fingerprint density at radius 3 is 2.14 bits per heavy atom. The quantitative estimate of drug-likeness (QED) is 0.493. The number of carbonyl (C=O) groups is 2. The molecule has 120 valence electrons. The molecule has 0 aliphatic carbocycles. The molecule has 1 atom stereocenters. The molecule has 0 aromatic rings. The van der Waals surface area contributed by atoms with Crippen molar-refractivity contribution < 1.29 is 14.3 Å². The van der Waals surface area contributed by atoms with Crippen LogP contribution in [0.15, 0.2) is 0 Å². The molecule has 0 unspecified atom stereocenters. The first kappa shape index (κ1) is 19.7. The molecule has 21 heavy (non-hydrogen) atoms. The second-order valence-corrected chi connectivity index (χ2v) is 12.1. The van der Waals surface area contributed by atoms with Gasteiger partial charge in [0.25, 0.3) is 0 Å². The van der Waals surface area contributed by atoms with Crippen LogP contribution < -0.4 is 5.32 Å². The summed E-state index contributed by atoms with van der Waals surface area (Å²) in [5, 5.41) is 2.86. The molecule has 0 heterocycles. The lowest BCUT2D eigenvalue weighted by molar-refractivity contribution is -0.145. The first-order valence-corrected chi connectivity index (χ1v) is 10.3. The minimum absolute atomic E-state index is 0.167. The summed E-state index contributed by atoms with van der Waals surface area (Å²) >= 11 is 0. The minimum Gasteiger partial charge on any atom is -0.467 e. The van der Waals surface area contributed by atoms with Crippen molar-refractivity contribution in [1.82, 2.24) is 5.32 Å². The van der Waals surface area contributed by atoms with E-state index in [1.54, 1.807) is 13.8 Å². The zero-order valence-electron chi connectivity index (χ0n) is 14.6. The van der Waals surface area contributed by atoms with Crippen LogP contribution in [0.25, 0.3) is 0 Å². The van der Waals surface area contributed by atoms with Gasteiger partial charge in [0.15, 0.2) is 0 Å². The Morgan fingerprint density at radius 1 is 1.24 bits per heavy atom. The van der Waals surface area contributed by atoms with Gasteiger partial charge in [-0.3, -0.25) is 4.79 Å². The Morgan fingerprint density at radius 2 is 1.76 bits per heavy atom. The average molecular weight is 311 g/mol. The van der Waals surface area contributed by atoms with Crippen LogP contribution in [0.3, 0.4) is 0 Å². The molecule has 1 amide bonds. The molecule has 0 aliphatic rings. The average Bonchev–Trinajstić information content (AvgIpc) is 2.34. The lowest BCUT2D eigenvalue weighted by Crippen LogP contribution is -2.43. The van der Waals surface area contributed by atoms with Crippen LogP contribution in [-0.4, -0.2) is 33.1 Å². The van der Waals surface area contributed by atoms with E-state index in [1.807, 2.05) is 0 Å². The van der Waals surface area contributed by atoms with Gasteiger partial charge < -0.3 is 10.1 Å². The Hall–Kier alpha value is -1.28. The van der Waals surface area contributed by atoms with E-state index in [4.69, 9.17) is 4.74 Å². The highest BCUT2D eigenvalue weighted by atomic mass is 28.3. The number of esters is 1. The highest BCUT2D eigenvalue weighted by Gasteiger charge is 2.33. The van der Waals surface area contributed by atoms with Crippen molar-refractivity contribution in [1.29, 1.82) is 0 Å². The van der Waals surface area contributed by atoms with Crippen molar-refractivity contribution in [2.45, 2.75) is 65.2 Å². The fraction of sp³-hybridized carbons (Fsp3) is 0.750. The van der Waals surface area contributed by atoms with Crippen LogP contribution in [0.4, 0.5) is 0 Å². The van der Waals surface area contributed by atoms with E-state index in [0.29, 0.717) is 0 Å². The summed E-state index contributed by atoms with van der Waals surface area (Å²) in [5.74, 6) is 2.29. The highest BCUT2D eigenvalue weighted by Crippen LogP contribution is 2.35. The molecule has 5 heteroatoms. The zero-order chi connectivity index (χ0) is 16.8. The van der Waals surface area contributed by atoms with E-state index in [0.717, 1.165) is 0 Å². The van der Waals surface area contributed by atoms with E-state index in [2.05, 4.69) is 50.6 Å². The summed E-state index contributed by atoms with van der Waals surface area (Å²) in [6.45, 7) is 14.5. The largest absolute Gasteiger partial charge is 0.467 e. The number of hydrogen-bond acceptors (Lipinski definition) is 3. The maximum absolute atomic E-state index is 11.7. The van der Waals surface area contributed by atoms with Gasteiger partial charge >= 0.3 is 5.97 Å². The van der Waals surface area contributed by atoms with Crippen LogP contribution in [0, 0.1) is 17.4 Å². The topological polar surface area (TPSA) is 55.4 Å². The molecule has 0 rings (SSSR count).